The van der Waals surface area contributed by atoms with Crippen LogP contribution >= 0.6 is 0 Å². The lowest BCUT2D eigenvalue weighted by Gasteiger charge is -2.35. The van der Waals surface area contributed by atoms with Crippen LogP contribution in [0.15, 0.2) is 18.2 Å². The van der Waals surface area contributed by atoms with Crippen LogP contribution in [0.3, 0.4) is 0 Å². The van der Waals surface area contributed by atoms with Gasteiger partial charge in [0.2, 0.25) is 5.91 Å². The van der Waals surface area contributed by atoms with Crippen molar-refractivity contribution < 1.29 is 9.53 Å². The third kappa shape index (κ3) is 3.88. The number of nitrogens with two attached hydrogens (primary N) is 1. The molecule has 1 heterocycles. The van der Waals surface area contributed by atoms with Crippen molar-refractivity contribution in [1.82, 2.24) is 5.32 Å². The van der Waals surface area contributed by atoms with Gasteiger partial charge < -0.3 is 20.7 Å². The molecule has 5 nitrogen and oxygen atoms in total. The molecule has 0 saturated heterocycles. The molecule has 116 valence electrons. The van der Waals surface area contributed by atoms with Gasteiger partial charge in [-0.05, 0) is 38.0 Å². The van der Waals surface area contributed by atoms with Crippen LogP contribution in [-0.4, -0.2) is 31.1 Å². The van der Waals surface area contributed by atoms with Gasteiger partial charge in [0.05, 0.1) is 18.8 Å². The van der Waals surface area contributed by atoms with E-state index < -0.39 is 0 Å². The minimum absolute atomic E-state index is 0.0484. The van der Waals surface area contributed by atoms with Gasteiger partial charge in [-0.15, -0.1) is 0 Å². The predicted molar refractivity (Wildman–Crippen MR) is 84.5 cm³/mol. The molecule has 0 spiro atoms. The van der Waals surface area contributed by atoms with Crippen LogP contribution in [0.25, 0.3) is 0 Å². The van der Waals surface area contributed by atoms with E-state index in [-0.39, 0.29) is 18.1 Å². The fourth-order valence-corrected chi connectivity index (χ4v) is 2.45. The smallest absolute Gasteiger partial charge is 0.239 e. The van der Waals surface area contributed by atoms with Crippen LogP contribution in [0.4, 0.5) is 5.69 Å². The first kappa shape index (κ1) is 15.6. The number of benzene rings is 1. The highest BCUT2D eigenvalue weighted by molar-refractivity contribution is 5.82. The zero-order valence-corrected chi connectivity index (χ0v) is 13.1. The van der Waals surface area contributed by atoms with E-state index in [9.17, 15) is 4.79 Å². The summed E-state index contributed by atoms with van der Waals surface area (Å²) in [5.41, 5.74) is 7.67. The van der Waals surface area contributed by atoms with Crippen molar-refractivity contribution in [2.24, 2.45) is 5.73 Å². The Morgan fingerprint density at radius 1 is 1.57 bits per heavy atom. The molecule has 0 aliphatic carbocycles. The Kier molecular flexibility index (Phi) is 5.07. The summed E-state index contributed by atoms with van der Waals surface area (Å²) in [5.74, 6) is 0.861. The van der Waals surface area contributed by atoms with Crippen LogP contribution in [0, 0.1) is 0 Å². The summed E-state index contributed by atoms with van der Waals surface area (Å²) in [6.07, 6.45) is 0.990. The molecule has 0 saturated carbocycles. The van der Waals surface area contributed by atoms with Crippen molar-refractivity contribution in [3.63, 3.8) is 0 Å². The average molecular weight is 291 g/mol. The quantitative estimate of drug-likeness (QED) is 0.865. The van der Waals surface area contributed by atoms with E-state index in [1.165, 1.54) is 0 Å². The van der Waals surface area contributed by atoms with Gasteiger partial charge in [-0.2, -0.15) is 0 Å². The summed E-state index contributed by atoms with van der Waals surface area (Å²) >= 11 is 0. The van der Waals surface area contributed by atoms with E-state index in [1.807, 2.05) is 32.0 Å². The fourth-order valence-electron chi connectivity index (χ4n) is 2.45. The average Bonchev–Trinajstić information content (AvgIpc) is 2.45. The number of ether oxygens (including phenoxy) is 1. The first-order chi connectivity index (χ1) is 10.0. The monoisotopic (exact) mass is 291 g/mol. The van der Waals surface area contributed by atoms with Gasteiger partial charge in [-0.3, -0.25) is 4.79 Å². The van der Waals surface area contributed by atoms with Crippen molar-refractivity contribution in [3.8, 4) is 5.75 Å². The fraction of sp³-hybridized carbons (Fsp3) is 0.562. The van der Waals surface area contributed by atoms with Crippen LogP contribution in [0.1, 0.15) is 32.8 Å². The Balaban J connectivity index is 2.13. The second-order valence-electron chi connectivity index (χ2n) is 5.69. The van der Waals surface area contributed by atoms with Crippen LogP contribution < -0.4 is 20.7 Å². The molecule has 2 unspecified atom stereocenters. The van der Waals surface area contributed by atoms with Gasteiger partial charge in [-0.1, -0.05) is 13.0 Å². The molecule has 1 aliphatic heterocycles. The highest BCUT2D eigenvalue weighted by Crippen LogP contribution is 2.34. The minimum Gasteiger partial charge on any atom is -0.487 e. The molecule has 0 bridgehead atoms. The third-order valence-corrected chi connectivity index (χ3v) is 3.76. The zero-order valence-electron chi connectivity index (χ0n) is 13.1. The highest BCUT2D eigenvalue weighted by Gasteiger charge is 2.24. The van der Waals surface area contributed by atoms with Gasteiger partial charge in [0.25, 0.3) is 0 Å². The summed E-state index contributed by atoms with van der Waals surface area (Å²) in [6, 6.07) is 6.14. The number of rotatable bonds is 5. The molecule has 1 amide bonds. The van der Waals surface area contributed by atoms with Crippen molar-refractivity contribution in [2.75, 3.05) is 18.0 Å². The molecule has 0 aromatic heterocycles. The minimum atomic E-state index is 0.0484. The van der Waals surface area contributed by atoms with E-state index in [0.717, 1.165) is 23.4 Å². The molecule has 1 aromatic carbocycles. The summed E-state index contributed by atoms with van der Waals surface area (Å²) in [6.45, 7) is 7.64. The second kappa shape index (κ2) is 6.80. The van der Waals surface area contributed by atoms with Gasteiger partial charge in [0, 0.05) is 12.6 Å². The number of hydrogen-bond donors (Lipinski definition) is 2. The molecule has 2 rings (SSSR count). The van der Waals surface area contributed by atoms with Gasteiger partial charge in [-0.25, -0.2) is 0 Å². The summed E-state index contributed by atoms with van der Waals surface area (Å²) in [7, 11) is 0. The number of fused-ring (bicyclic) bond motifs is 1. The largest absolute Gasteiger partial charge is 0.487 e. The van der Waals surface area contributed by atoms with E-state index in [4.69, 9.17) is 10.5 Å². The Labute approximate surface area is 126 Å². The Bertz CT molecular complexity index is 504. The molecule has 0 fully saturated rings. The molecule has 2 atom stereocenters. The maximum Gasteiger partial charge on any atom is 0.239 e. The van der Waals surface area contributed by atoms with Gasteiger partial charge >= 0.3 is 0 Å². The number of carbonyl (C=O) groups excluding carboxylic acids is 1. The lowest BCUT2D eigenvalue weighted by Crippen LogP contribution is -2.46. The third-order valence-electron chi connectivity index (χ3n) is 3.76. The predicted octanol–water partition coefficient (Wildman–Crippen LogP) is 1.65. The number of carbonyl (C=O) groups is 1. The summed E-state index contributed by atoms with van der Waals surface area (Å²) in [5, 5.41) is 3.00. The van der Waals surface area contributed by atoms with Gasteiger partial charge in [0.1, 0.15) is 11.9 Å². The molecule has 3 N–H and O–H groups in total. The summed E-state index contributed by atoms with van der Waals surface area (Å²) in [4.78, 5) is 14.2. The topological polar surface area (TPSA) is 67.6 Å². The zero-order chi connectivity index (χ0) is 15.4. The van der Waals surface area contributed by atoms with Crippen molar-refractivity contribution in [1.29, 1.82) is 0 Å². The standard InChI is InChI=1S/C16H25N3O2/c1-4-11(2)18-16(20)10-19-9-12(3)21-15-7-13(8-17)5-6-14(15)19/h5-7,11-12H,4,8-10,17H2,1-3H3,(H,18,20). The van der Waals surface area contributed by atoms with E-state index in [2.05, 4.69) is 17.1 Å². The van der Waals surface area contributed by atoms with Crippen LogP contribution in [0.5, 0.6) is 5.75 Å². The number of amides is 1. The molecule has 0 radical (unpaired) electrons. The molecule has 1 aliphatic rings. The number of nitrogens with one attached hydrogen (secondary N) is 1. The van der Waals surface area contributed by atoms with Crippen molar-refractivity contribution in [2.45, 2.75) is 45.9 Å². The van der Waals surface area contributed by atoms with E-state index >= 15 is 0 Å². The second-order valence-corrected chi connectivity index (χ2v) is 5.69. The first-order valence-electron chi connectivity index (χ1n) is 7.57. The summed E-state index contributed by atoms with van der Waals surface area (Å²) < 4.78 is 5.86. The normalized spacial score (nSPS) is 18.7. The molecular weight excluding hydrogens is 266 g/mol. The van der Waals surface area contributed by atoms with Crippen molar-refractivity contribution in [3.05, 3.63) is 23.8 Å². The van der Waals surface area contributed by atoms with E-state index in [0.29, 0.717) is 19.6 Å². The van der Waals surface area contributed by atoms with Crippen molar-refractivity contribution >= 4 is 11.6 Å². The Hall–Kier alpha value is -1.75. The molecule has 5 heteroatoms. The Morgan fingerprint density at radius 3 is 3.00 bits per heavy atom. The lowest BCUT2D eigenvalue weighted by molar-refractivity contribution is -0.120. The Morgan fingerprint density at radius 2 is 2.33 bits per heavy atom. The number of nitrogens with zero attached hydrogens (tertiary/aromatic N) is 1. The SMILES string of the molecule is CCC(C)NC(=O)CN1CC(C)Oc2cc(CN)ccc21. The maximum absolute atomic E-state index is 12.1. The van der Waals surface area contributed by atoms with Crippen LogP contribution in [-0.2, 0) is 11.3 Å². The first-order valence-corrected chi connectivity index (χ1v) is 7.57. The van der Waals surface area contributed by atoms with E-state index in [1.54, 1.807) is 0 Å². The van der Waals surface area contributed by atoms with Gasteiger partial charge in [0.15, 0.2) is 0 Å². The molecule has 1 aromatic rings. The lowest BCUT2D eigenvalue weighted by atomic mass is 10.1. The molecular formula is C16H25N3O2. The van der Waals surface area contributed by atoms with Crippen LogP contribution in [0.2, 0.25) is 0 Å². The maximum atomic E-state index is 12.1. The number of anilines is 1. The molecule has 21 heavy (non-hydrogen) atoms. The highest BCUT2D eigenvalue weighted by atomic mass is 16.5. The number of hydrogen-bond acceptors (Lipinski definition) is 4.